The maximum Gasteiger partial charge on any atom is 0.231 e. The Hall–Kier alpha value is -1.93. The summed E-state index contributed by atoms with van der Waals surface area (Å²) in [6.45, 7) is 4.54. The Morgan fingerprint density at radius 3 is 2.66 bits per heavy atom. The van der Waals surface area contributed by atoms with Crippen LogP contribution in [0.15, 0.2) is 28.8 Å². The molecule has 2 aliphatic rings. The smallest absolute Gasteiger partial charge is 0.231 e. The van der Waals surface area contributed by atoms with Crippen LogP contribution < -0.4 is 0 Å². The average molecular weight is 438 g/mol. The fourth-order valence-electron chi connectivity index (χ4n) is 4.16. The lowest BCUT2D eigenvalue weighted by Gasteiger charge is -2.49. The van der Waals surface area contributed by atoms with E-state index in [1.807, 2.05) is 0 Å². The number of nitrogens with zero attached hydrogens (tertiary/aromatic N) is 3. The lowest BCUT2D eigenvalue weighted by molar-refractivity contribution is -0.137. The van der Waals surface area contributed by atoms with Gasteiger partial charge in [0.05, 0.1) is 11.7 Å². The highest BCUT2D eigenvalue weighted by molar-refractivity contribution is 7.93. The highest BCUT2D eigenvalue weighted by Gasteiger charge is 2.64. The summed E-state index contributed by atoms with van der Waals surface area (Å²) in [5.74, 6) is 0.852. The monoisotopic (exact) mass is 437 g/mol. The highest BCUT2D eigenvalue weighted by Crippen LogP contribution is 2.49. The molecular formula is C20H24ClN3O4S. The van der Waals surface area contributed by atoms with E-state index in [1.54, 1.807) is 29.2 Å². The van der Waals surface area contributed by atoms with Crippen LogP contribution in [0.4, 0.5) is 0 Å². The van der Waals surface area contributed by atoms with Crippen LogP contribution in [0.1, 0.15) is 44.9 Å². The van der Waals surface area contributed by atoms with Gasteiger partial charge in [0, 0.05) is 30.1 Å². The van der Waals surface area contributed by atoms with E-state index in [1.165, 1.54) is 0 Å². The summed E-state index contributed by atoms with van der Waals surface area (Å²) in [6, 6.07) is 7.05. The highest BCUT2D eigenvalue weighted by atomic mass is 35.5. The van der Waals surface area contributed by atoms with Crippen LogP contribution >= 0.6 is 11.6 Å². The molecule has 1 aromatic heterocycles. The lowest BCUT2D eigenvalue weighted by atomic mass is 9.82. The average Bonchev–Trinajstić information content (AvgIpc) is 3.21. The van der Waals surface area contributed by atoms with E-state index in [0.29, 0.717) is 35.5 Å². The molecule has 0 bridgehead atoms. The fraction of sp³-hybridized carbons (Fsp3) is 0.550. The number of carbonyl (C=O) groups excluding carboxylic acids is 1. The predicted molar refractivity (Wildman–Crippen MR) is 109 cm³/mol. The molecular weight excluding hydrogens is 414 g/mol. The van der Waals surface area contributed by atoms with Crippen LogP contribution in [-0.2, 0) is 14.6 Å². The molecule has 2 saturated heterocycles. The SMILES string of the molecule is CC(C)CCC(=O)N1CC2(C1)C(c1nc(-c3ccc(Cl)cc3)no1)CCS2(=O)=O. The number of halogens is 1. The van der Waals surface area contributed by atoms with E-state index < -0.39 is 20.5 Å². The van der Waals surface area contributed by atoms with Gasteiger partial charge in [0.25, 0.3) is 0 Å². The van der Waals surface area contributed by atoms with Gasteiger partial charge in [-0.25, -0.2) is 8.42 Å². The van der Waals surface area contributed by atoms with Gasteiger partial charge in [-0.1, -0.05) is 30.6 Å². The molecule has 3 heterocycles. The van der Waals surface area contributed by atoms with Crippen LogP contribution in [0.3, 0.4) is 0 Å². The Bertz CT molecular complexity index is 1010. The Kier molecular flexibility index (Phi) is 5.19. The molecule has 2 aromatic rings. The molecule has 7 nitrogen and oxygen atoms in total. The van der Waals surface area contributed by atoms with Crippen molar-refractivity contribution in [3.63, 3.8) is 0 Å². The summed E-state index contributed by atoms with van der Waals surface area (Å²) >= 11 is 5.92. The third kappa shape index (κ3) is 3.57. The minimum atomic E-state index is -3.35. The number of aromatic nitrogens is 2. The Balaban J connectivity index is 1.54. The molecule has 1 unspecified atom stereocenters. The lowest BCUT2D eigenvalue weighted by Crippen LogP contribution is -2.67. The molecule has 0 saturated carbocycles. The molecule has 0 N–H and O–H groups in total. The van der Waals surface area contributed by atoms with Gasteiger partial charge in [0.1, 0.15) is 4.75 Å². The van der Waals surface area contributed by atoms with Crippen molar-refractivity contribution in [2.75, 3.05) is 18.8 Å². The number of hydrogen-bond acceptors (Lipinski definition) is 6. The van der Waals surface area contributed by atoms with Crippen molar-refractivity contribution in [3.05, 3.63) is 35.2 Å². The zero-order chi connectivity index (χ0) is 20.8. The molecule has 1 spiro atoms. The van der Waals surface area contributed by atoms with Crippen molar-refractivity contribution in [1.29, 1.82) is 0 Å². The van der Waals surface area contributed by atoms with Gasteiger partial charge in [-0.3, -0.25) is 4.79 Å². The third-order valence-electron chi connectivity index (χ3n) is 5.98. The molecule has 156 valence electrons. The minimum absolute atomic E-state index is 0.0116. The summed E-state index contributed by atoms with van der Waals surface area (Å²) in [4.78, 5) is 18.5. The van der Waals surface area contributed by atoms with Gasteiger partial charge in [-0.05, 0) is 43.0 Å². The number of carbonyl (C=O) groups is 1. The normalized spacial score (nSPS) is 22.2. The standard InChI is InChI=1S/C20H24ClN3O4S/c1-13(2)3-8-17(25)24-11-20(12-24)16(9-10-29(20,26)27)19-22-18(23-28-19)14-4-6-15(21)7-5-14/h4-7,13,16H,3,8-12H2,1-2H3. The molecule has 1 atom stereocenters. The van der Waals surface area contributed by atoms with Crippen molar-refractivity contribution < 1.29 is 17.7 Å². The van der Waals surface area contributed by atoms with Crippen molar-refractivity contribution in [3.8, 4) is 11.4 Å². The van der Waals surface area contributed by atoms with Gasteiger partial charge in [0.2, 0.25) is 17.6 Å². The second kappa shape index (κ2) is 7.40. The maximum atomic E-state index is 12.9. The number of benzene rings is 1. The first kappa shape index (κ1) is 20.3. The number of amides is 1. The third-order valence-corrected chi connectivity index (χ3v) is 8.78. The summed E-state index contributed by atoms with van der Waals surface area (Å²) in [5, 5.41) is 4.64. The van der Waals surface area contributed by atoms with Gasteiger partial charge >= 0.3 is 0 Å². The first-order valence-corrected chi connectivity index (χ1v) is 11.8. The van der Waals surface area contributed by atoms with Gasteiger partial charge in [-0.15, -0.1) is 0 Å². The van der Waals surface area contributed by atoms with E-state index in [-0.39, 0.29) is 24.7 Å². The molecule has 29 heavy (non-hydrogen) atoms. The van der Waals surface area contributed by atoms with E-state index in [9.17, 15) is 13.2 Å². The summed E-state index contributed by atoms with van der Waals surface area (Å²) in [6.07, 6.45) is 1.67. The number of rotatable bonds is 5. The number of hydrogen-bond donors (Lipinski definition) is 0. The molecule has 4 rings (SSSR count). The number of likely N-dealkylation sites (tertiary alicyclic amines) is 1. The minimum Gasteiger partial charge on any atom is -0.339 e. The second-order valence-corrected chi connectivity index (χ2v) is 11.3. The molecule has 9 heteroatoms. The molecule has 1 amide bonds. The summed E-state index contributed by atoms with van der Waals surface area (Å²) in [5.41, 5.74) is 0.749. The first-order valence-electron chi connectivity index (χ1n) is 9.81. The van der Waals surface area contributed by atoms with Crippen LogP contribution in [0.2, 0.25) is 5.02 Å². The van der Waals surface area contributed by atoms with Crippen molar-refractivity contribution in [2.24, 2.45) is 5.92 Å². The number of sulfone groups is 1. The van der Waals surface area contributed by atoms with Crippen molar-refractivity contribution in [1.82, 2.24) is 15.0 Å². The maximum absolute atomic E-state index is 12.9. The van der Waals surface area contributed by atoms with Crippen molar-refractivity contribution >= 4 is 27.3 Å². The van der Waals surface area contributed by atoms with E-state index >= 15 is 0 Å². The largest absolute Gasteiger partial charge is 0.339 e. The summed E-state index contributed by atoms with van der Waals surface area (Å²) < 4.78 is 30.2. The van der Waals surface area contributed by atoms with Crippen LogP contribution in [0.25, 0.3) is 11.4 Å². The molecule has 2 fully saturated rings. The van der Waals surface area contributed by atoms with Crippen LogP contribution in [0.5, 0.6) is 0 Å². The first-order chi connectivity index (χ1) is 13.7. The Labute approximate surface area is 175 Å². The van der Waals surface area contributed by atoms with E-state index in [4.69, 9.17) is 16.1 Å². The second-order valence-electron chi connectivity index (χ2n) is 8.37. The van der Waals surface area contributed by atoms with Crippen molar-refractivity contribution in [2.45, 2.75) is 43.8 Å². The molecule has 1 aromatic carbocycles. The van der Waals surface area contributed by atoms with Crippen LogP contribution in [0, 0.1) is 5.92 Å². The van der Waals surface area contributed by atoms with E-state index in [0.717, 1.165) is 12.0 Å². The van der Waals surface area contributed by atoms with Gasteiger partial charge in [-0.2, -0.15) is 4.98 Å². The molecule has 2 aliphatic heterocycles. The predicted octanol–water partition coefficient (Wildman–Crippen LogP) is 3.31. The molecule has 0 aliphatic carbocycles. The zero-order valence-corrected chi connectivity index (χ0v) is 18.0. The quantitative estimate of drug-likeness (QED) is 0.712. The van der Waals surface area contributed by atoms with Gasteiger partial charge in [0.15, 0.2) is 9.84 Å². The van der Waals surface area contributed by atoms with Gasteiger partial charge < -0.3 is 9.42 Å². The Morgan fingerprint density at radius 2 is 2.00 bits per heavy atom. The zero-order valence-electron chi connectivity index (χ0n) is 16.5. The van der Waals surface area contributed by atoms with Crippen LogP contribution in [-0.4, -0.2) is 53.0 Å². The summed E-state index contributed by atoms with van der Waals surface area (Å²) in [7, 11) is -3.35. The van der Waals surface area contributed by atoms with E-state index in [2.05, 4.69) is 24.0 Å². The molecule has 0 radical (unpaired) electrons. The Morgan fingerprint density at radius 1 is 1.31 bits per heavy atom. The fourth-order valence-corrected chi connectivity index (χ4v) is 6.60. The topological polar surface area (TPSA) is 93.4 Å².